The van der Waals surface area contributed by atoms with E-state index in [-0.39, 0.29) is 24.5 Å². The molecule has 0 aromatic heterocycles. The van der Waals surface area contributed by atoms with Crippen LogP contribution in [0.4, 0.5) is 0 Å². The molecule has 0 fully saturated rings. The molecule has 0 aromatic rings. The molecular formula is C6H14NO4P. The van der Waals surface area contributed by atoms with Gasteiger partial charge in [0.05, 0.1) is 6.16 Å². The van der Waals surface area contributed by atoms with Gasteiger partial charge in [-0.05, 0) is 0 Å². The molecule has 0 saturated heterocycles. The van der Waals surface area contributed by atoms with Gasteiger partial charge >= 0.3 is 7.60 Å². The largest absolute Gasteiger partial charge is 0.355 e. The van der Waals surface area contributed by atoms with Crippen LogP contribution in [0, 0.1) is 5.92 Å². The summed E-state index contributed by atoms with van der Waals surface area (Å²) < 4.78 is 10.3. The molecule has 1 amide bonds. The lowest BCUT2D eigenvalue weighted by atomic mass is 10.2. The zero-order chi connectivity index (χ0) is 9.78. The van der Waals surface area contributed by atoms with Crippen molar-refractivity contribution in [2.24, 2.45) is 5.92 Å². The van der Waals surface area contributed by atoms with E-state index in [0.29, 0.717) is 0 Å². The standard InChI is InChI=1S/C6H14NO4P/c1-5(2)6(8)7-3-4-12(9,10)11/h5H,3-4H2,1-2H3,(H,7,8)(H2,9,10,11). The highest BCUT2D eigenvalue weighted by Crippen LogP contribution is 2.32. The highest BCUT2D eigenvalue weighted by molar-refractivity contribution is 7.51. The minimum atomic E-state index is -3.97. The maximum Gasteiger partial charge on any atom is 0.327 e. The van der Waals surface area contributed by atoms with Crippen molar-refractivity contribution in [3.05, 3.63) is 0 Å². The smallest absolute Gasteiger partial charge is 0.327 e. The van der Waals surface area contributed by atoms with E-state index in [1.807, 2.05) is 0 Å². The Morgan fingerprint density at radius 2 is 2.00 bits per heavy atom. The highest BCUT2D eigenvalue weighted by Gasteiger charge is 2.13. The van der Waals surface area contributed by atoms with Crippen molar-refractivity contribution in [2.75, 3.05) is 12.7 Å². The number of amides is 1. The van der Waals surface area contributed by atoms with E-state index >= 15 is 0 Å². The zero-order valence-corrected chi connectivity index (χ0v) is 8.04. The van der Waals surface area contributed by atoms with Crippen molar-refractivity contribution in [3.63, 3.8) is 0 Å². The topological polar surface area (TPSA) is 86.6 Å². The van der Waals surface area contributed by atoms with Gasteiger partial charge in [0, 0.05) is 12.5 Å². The van der Waals surface area contributed by atoms with Crippen LogP contribution < -0.4 is 5.32 Å². The summed E-state index contributed by atoms with van der Waals surface area (Å²) in [6.07, 6.45) is -0.300. The normalized spacial score (nSPS) is 11.8. The Labute approximate surface area is 71.3 Å². The molecule has 0 aromatic carbocycles. The van der Waals surface area contributed by atoms with E-state index < -0.39 is 7.60 Å². The van der Waals surface area contributed by atoms with E-state index in [2.05, 4.69) is 5.32 Å². The summed E-state index contributed by atoms with van der Waals surface area (Å²) in [5.74, 6) is -0.342. The average Bonchev–Trinajstić information content (AvgIpc) is 1.84. The summed E-state index contributed by atoms with van der Waals surface area (Å²) >= 11 is 0. The fraction of sp³-hybridized carbons (Fsp3) is 0.833. The number of hydrogen-bond acceptors (Lipinski definition) is 2. The number of carbonyl (C=O) groups is 1. The van der Waals surface area contributed by atoms with Crippen molar-refractivity contribution in [2.45, 2.75) is 13.8 Å². The molecule has 0 heterocycles. The predicted molar refractivity (Wildman–Crippen MR) is 44.8 cm³/mol. The minimum absolute atomic E-state index is 0.0291. The summed E-state index contributed by atoms with van der Waals surface area (Å²) in [6, 6.07) is 0. The molecule has 0 spiro atoms. The van der Waals surface area contributed by atoms with Crippen LogP contribution in [-0.2, 0) is 9.36 Å². The Morgan fingerprint density at radius 1 is 1.50 bits per heavy atom. The quantitative estimate of drug-likeness (QED) is 0.548. The van der Waals surface area contributed by atoms with Crippen molar-refractivity contribution >= 4 is 13.5 Å². The van der Waals surface area contributed by atoms with Gasteiger partial charge in [0.15, 0.2) is 0 Å². The van der Waals surface area contributed by atoms with Gasteiger partial charge in [-0.25, -0.2) is 0 Å². The SMILES string of the molecule is CC(C)C(=O)NCCP(=O)(O)O. The Balaban J connectivity index is 3.58. The third-order valence-electron chi connectivity index (χ3n) is 1.23. The summed E-state index contributed by atoms with van der Waals surface area (Å²) in [5.41, 5.74) is 0. The van der Waals surface area contributed by atoms with Gasteiger partial charge in [-0.1, -0.05) is 13.8 Å². The number of hydrogen-bond donors (Lipinski definition) is 3. The third kappa shape index (κ3) is 6.34. The minimum Gasteiger partial charge on any atom is -0.355 e. The molecule has 12 heavy (non-hydrogen) atoms. The van der Waals surface area contributed by atoms with Crippen LogP contribution in [-0.4, -0.2) is 28.4 Å². The van der Waals surface area contributed by atoms with Crippen LogP contribution in [0.15, 0.2) is 0 Å². The van der Waals surface area contributed by atoms with Crippen molar-refractivity contribution < 1.29 is 19.1 Å². The van der Waals surface area contributed by atoms with Crippen molar-refractivity contribution in [1.29, 1.82) is 0 Å². The summed E-state index contributed by atoms with van der Waals surface area (Å²) in [4.78, 5) is 27.7. The molecule has 0 radical (unpaired) electrons. The van der Waals surface area contributed by atoms with Gasteiger partial charge in [-0.2, -0.15) is 0 Å². The number of carbonyl (C=O) groups excluding carboxylic acids is 1. The Hall–Kier alpha value is -0.380. The summed E-state index contributed by atoms with van der Waals surface area (Å²) in [6.45, 7) is 3.46. The van der Waals surface area contributed by atoms with Crippen LogP contribution in [0.3, 0.4) is 0 Å². The number of nitrogens with one attached hydrogen (secondary N) is 1. The zero-order valence-electron chi connectivity index (χ0n) is 7.15. The van der Waals surface area contributed by atoms with E-state index in [9.17, 15) is 9.36 Å². The summed E-state index contributed by atoms with van der Waals surface area (Å²) in [5, 5.41) is 2.41. The van der Waals surface area contributed by atoms with Crippen LogP contribution >= 0.6 is 7.60 Å². The fourth-order valence-corrected chi connectivity index (χ4v) is 0.932. The molecule has 0 saturated carbocycles. The molecule has 72 valence electrons. The van der Waals surface area contributed by atoms with Gasteiger partial charge in [0.25, 0.3) is 0 Å². The molecule has 0 rings (SSSR count). The van der Waals surface area contributed by atoms with Crippen LogP contribution in [0.1, 0.15) is 13.8 Å². The lowest BCUT2D eigenvalue weighted by Crippen LogP contribution is -2.30. The van der Waals surface area contributed by atoms with Gasteiger partial charge < -0.3 is 15.1 Å². The highest BCUT2D eigenvalue weighted by atomic mass is 31.2. The Morgan fingerprint density at radius 3 is 2.33 bits per heavy atom. The van der Waals surface area contributed by atoms with Gasteiger partial charge in [0.1, 0.15) is 0 Å². The molecule has 0 bridgehead atoms. The molecule has 0 aliphatic heterocycles. The maximum atomic E-state index is 10.9. The summed E-state index contributed by atoms with van der Waals surface area (Å²) in [7, 11) is -3.97. The van der Waals surface area contributed by atoms with Crippen molar-refractivity contribution in [1.82, 2.24) is 5.32 Å². The maximum absolute atomic E-state index is 10.9. The van der Waals surface area contributed by atoms with Crippen LogP contribution in [0.25, 0.3) is 0 Å². The molecule has 6 heteroatoms. The van der Waals surface area contributed by atoms with Gasteiger partial charge in [-0.3, -0.25) is 9.36 Å². The first-order valence-electron chi connectivity index (χ1n) is 3.65. The van der Waals surface area contributed by atoms with Crippen LogP contribution in [0.5, 0.6) is 0 Å². The monoisotopic (exact) mass is 195 g/mol. The molecule has 0 aliphatic rings. The third-order valence-corrected chi connectivity index (χ3v) is 2.03. The molecule has 0 unspecified atom stereocenters. The predicted octanol–water partition coefficient (Wildman–Crippen LogP) is -0.0637. The molecule has 5 nitrogen and oxygen atoms in total. The first kappa shape index (κ1) is 11.6. The second kappa shape index (κ2) is 4.60. The lowest BCUT2D eigenvalue weighted by molar-refractivity contribution is -0.123. The van der Waals surface area contributed by atoms with E-state index in [4.69, 9.17) is 9.79 Å². The van der Waals surface area contributed by atoms with Crippen LogP contribution in [0.2, 0.25) is 0 Å². The molecular weight excluding hydrogens is 181 g/mol. The van der Waals surface area contributed by atoms with Gasteiger partial charge in [-0.15, -0.1) is 0 Å². The first-order valence-corrected chi connectivity index (χ1v) is 5.45. The first-order chi connectivity index (χ1) is 5.33. The Bertz CT molecular complexity index is 198. The lowest BCUT2D eigenvalue weighted by Gasteiger charge is -2.07. The Kier molecular flexibility index (Phi) is 4.45. The number of rotatable bonds is 4. The fourth-order valence-electron chi connectivity index (χ4n) is 0.529. The van der Waals surface area contributed by atoms with E-state index in [1.165, 1.54) is 0 Å². The van der Waals surface area contributed by atoms with Gasteiger partial charge in [0.2, 0.25) is 5.91 Å². The second-order valence-electron chi connectivity index (χ2n) is 2.83. The molecule has 0 atom stereocenters. The van der Waals surface area contributed by atoms with E-state index in [0.717, 1.165) is 0 Å². The molecule has 0 aliphatic carbocycles. The van der Waals surface area contributed by atoms with Crippen molar-refractivity contribution in [3.8, 4) is 0 Å². The van der Waals surface area contributed by atoms with E-state index in [1.54, 1.807) is 13.8 Å². The average molecular weight is 195 g/mol. The second-order valence-corrected chi connectivity index (χ2v) is 4.61. The molecule has 3 N–H and O–H groups in total.